The van der Waals surface area contributed by atoms with Gasteiger partial charge in [-0.05, 0) is 43.0 Å². The van der Waals surface area contributed by atoms with Crippen molar-refractivity contribution in [2.75, 3.05) is 6.54 Å². The summed E-state index contributed by atoms with van der Waals surface area (Å²) in [5.41, 5.74) is 1.71. The van der Waals surface area contributed by atoms with Crippen molar-refractivity contribution >= 4 is 17.0 Å². The molecule has 0 radical (unpaired) electrons. The molecule has 2 aromatic rings. The molecule has 1 unspecified atom stereocenters. The fraction of sp³-hybridized carbons (Fsp3) is 0.357. The normalized spacial score (nSPS) is 18.7. The van der Waals surface area contributed by atoms with Crippen LogP contribution in [0.4, 0.5) is 13.7 Å². The molecule has 1 aliphatic rings. The third-order valence-corrected chi connectivity index (χ3v) is 3.86. The van der Waals surface area contributed by atoms with Crippen molar-refractivity contribution in [1.29, 1.82) is 0 Å². The molecule has 3 rings (SSSR count). The minimum Gasteiger partial charge on any atom is -0.361 e. The molecule has 1 amide bonds. The second kappa shape index (κ2) is 5.11. The van der Waals surface area contributed by atoms with E-state index in [1.807, 2.05) is 0 Å². The number of hydrogen-bond donors (Lipinski definition) is 1. The molecule has 0 bridgehead atoms. The monoisotopic (exact) mass is 280 g/mol. The van der Waals surface area contributed by atoms with Crippen LogP contribution < -0.4 is 0 Å². The third-order valence-electron chi connectivity index (χ3n) is 3.86. The van der Waals surface area contributed by atoms with Gasteiger partial charge < -0.3 is 9.88 Å². The summed E-state index contributed by atoms with van der Waals surface area (Å²) in [5, 5.41) is 0.923. The number of carbonyl (C=O) groups is 1. The zero-order valence-electron chi connectivity index (χ0n) is 10.7. The lowest BCUT2D eigenvalue weighted by atomic mass is 10.0. The topological polar surface area (TPSA) is 45.3 Å². The number of rotatable bonds is 2. The molecule has 4 nitrogen and oxygen atoms in total. The van der Waals surface area contributed by atoms with Crippen LogP contribution in [0.1, 0.15) is 18.4 Å². The van der Waals surface area contributed by atoms with Crippen molar-refractivity contribution < 1.29 is 18.7 Å². The van der Waals surface area contributed by atoms with Crippen molar-refractivity contribution in [1.82, 2.24) is 9.88 Å². The van der Waals surface area contributed by atoms with E-state index >= 15 is 0 Å². The highest BCUT2D eigenvalue weighted by Crippen LogP contribution is 2.26. The van der Waals surface area contributed by atoms with Crippen LogP contribution in [-0.4, -0.2) is 28.6 Å². The molecule has 6 heteroatoms. The molecule has 106 valence electrons. The van der Waals surface area contributed by atoms with Crippen LogP contribution in [0.15, 0.2) is 24.4 Å². The lowest BCUT2D eigenvalue weighted by Crippen LogP contribution is -2.36. The SMILES string of the molecule is O=C(OF)N1CCCC1Cc1c[nH]c2cc(F)ccc12. The lowest BCUT2D eigenvalue weighted by Gasteiger charge is -2.21. The van der Waals surface area contributed by atoms with Crippen LogP contribution in [0.25, 0.3) is 10.9 Å². The Hall–Kier alpha value is -2.11. The molecule has 1 saturated heterocycles. The van der Waals surface area contributed by atoms with E-state index in [1.54, 1.807) is 12.3 Å². The summed E-state index contributed by atoms with van der Waals surface area (Å²) < 4.78 is 25.2. The number of hydrogen-bond acceptors (Lipinski definition) is 2. The van der Waals surface area contributed by atoms with Gasteiger partial charge >= 0.3 is 6.09 Å². The summed E-state index contributed by atoms with van der Waals surface area (Å²) in [7, 11) is 0. The number of nitrogens with one attached hydrogen (secondary N) is 1. The predicted octanol–water partition coefficient (Wildman–Crippen LogP) is 3.34. The first-order chi connectivity index (χ1) is 9.69. The van der Waals surface area contributed by atoms with E-state index in [1.165, 1.54) is 17.0 Å². The second-order valence-corrected chi connectivity index (χ2v) is 5.04. The number of aromatic nitrogens is 1. The van der Waals surface area contributed by atoms with Gasteiger partial charge in [-0.15, -0.1) is 0 Å². The molecule has 0 spiro atoms. The van der Waals surface area contributed by atoms with Gasteiger partial charge in [-0.3, -0.25) is 0 Å². The van der Waals surface area contributed by atoms with Crippen molar-refractivity contribution in [2.45, 2.75) is 25.3 Å². The number of carbonyl (C=O) groups excluding carboxylic acids is 1. The van der Waals surface area contributed by atoms with Gasteiger partial charge in [0.25, 0.3) is 0 Å². The first-order valence-corrected chi connectivity index (χ1v) is 6.54. The predicted molar refractivity (Wildman–Crippen MR) is 69.3 cm³/mol. The summed E-state index contributed by atoms with van der Waals surface area (Å²) >= 11 is 0. The van der Waals surface area contributed by atoms with Gasteiger partial charge in [-0.2, -0.15) is 0 Å². The summed E-state index contributed by atoms with van der Waals surface area (Å²) in [6.07, 6.45) is 3.11. The maximum Gasteiger partial charge on any atom is 0.447 e. The van der Waals surface area contributed by atoms with Gasteiger partial charge in [0.1, 0.15) is 5.82 Å². The number of fused-ring (bicyclic) bond motifs is 1. The van der Waals surface area contributed by atoms with E-state index < -0.39 is 6.09 Å². The van der Waals surface area contributed by atoms with E-state index in [0.717, 1.165) is 29.3 Å². The summed E-state index contributed by atoms with van der Waals surface area (Å²) in [4.78, 5) is 19.1. The van der Waals surface area contributed by atoms with E-state index in [4.69, 9.17) is 0 Å². The minimum absolute atomic E-state index is 0.0812. The molecule has 0 saturated carbocycles. The number of H-pyrrole nitrogens is 1. The second-order valence-electron chi connectivity index (χ2n) is 5.04. The number of likely N-dealkylation sites (tertiary alicyclic amines) is 1. The smallest absolute Gasteiger partial charge is 0.361 e. The van der Waals surface area contributed by atoms with Gasteiger partial charge in [-0.1, -0.05) is 0 Å². The van der Waals surface area contributed by atoms with Gasteiger partial charge in [0.15, 0.2) is 0 Å². The van der Waals surface area contributed by atoms with Crippen molar-refractivity contribution in [3.63, 3.8) is 0 Å². The van der Waals surface area contributed by atoms with Gasteiger partial charge in [0.2, 0.25) is 0 Å². The average molecular weight is 280 g/mol. The molecule has 2 heterocycles. The molecular formula is C14H14F2N2O2. The van der Waals surface area contributed by atoms with E-state index in [9.17, 15) is 13.7 Å². The number of benzene rings is 1. The van der Waals surface area contributed by atoms with Crippen molar-refractivity contribution in [2.24, 2.45) is 0 Å². The van der Waals surface area contributed by atoms with Crippen LogP contribution in [-0.2, 0) is 11.4 Å². The van der Waals surface area contributed by atoms with Crippen molar-refractivity contribution in [3.8, 4) is 0 Å². The molecular weight excluding hydrogens is 266 g/mol. The Bertz CT molecular complexity index is 641. The Morgan fingerprint density at radius 3 is 3.15 bits per heavy atom. The number of nitrogens with zero attached hydrogens (tertiary/aromatic N) is 1. The first-order valence-electron chi connectivity index (χ1n) is 6.54. The van der Waals surface area contributed by atoms with Gasteiger partial charge in [0.05, 0.1) is 0 Å². The fourth-order valence-electron chi connectivity index (χ4n) is 2.91. The van der Waals surface area contributed by atoms with Crippen LogP contribution in [0.2, 0.25) is 0 Å². The average Bonchev–Trinajstić information content (AvgIpc) is 3.05. The van der Waals surface area contributed by atoms with Crippen LogP contribution in [0, 0.1) is 5.82 Å². The number of amides is 1. The Morgan fingerprint density at radius 1 is 1.50 bits per heavy atom. The highest BCUT2D eigenvalue weighted by Gasteiger charge is 2.31. The first kappa shape index (κ1) is 12.9. The molecule has 1 aromatic heterocycles. The standard InChI is InChI=1S/C14H14F2N2O2/c15-10-3-4-12-9(8-17-13(12)7-10)6-11-2-1-5-18(11)14(19)20-16/h3-4,7-8,11,17H,1-2,5-6H2. The maximum atomic E-state index is 13.1. The zero-order chi connectivity index (χ0) is 14.1. The van der Waals surface area contributed by atoms with Gasteiger partial charge in [-0.25, -0.2) is 14.1 Å². The highest BCUT2D eigenvalue weighted by molar-refractivity contribution is 5.83. The number of aromatic amines is 1. The van der Waals surface area contributed by atoms with E-state index in [2.05, 4.69) is 9.93 Å². The minimum atomic E-state index is -0.932. The molecule has 1 atom stereocenters. The van der Waals surface area contributed by atoms with E-state index in [-0.39, 0.29) is 11.9 Å². The quantitative estimate of drug-likeness (QED) is 0.917. The number of halogens is 2. The Kier molecular flexibility index (Phi) is 3.30. The third kappa shape index (κ3) is 2.21. The largest absolute Gasteiger partial charge is 0.447 e. The van der Waals surface area contributed by atoms with Gasteiger partial charge in [0, 0.05) is 34.2 Å². The lowest BCUT2D eigenvalue weighted by molar-refractivity contribution is -0.0808. The van der Waals surface area contributed by atoms with Crippen LogP contribution >= 0.6 is 0 Å². The van der Waals surface area contributed by atoms with E-state index in [0.29, 0.717) is 13.0 Å². The van der Waals surface area contributed by atoms with Crippen molar-refractivity contribution in [3.05, 3.63) is 35.8 Å². The molecule has 0 aliphatic carbocycles. The molecule has 1 aliphatic heterocycles. The maximum absolute atomic E-state index is 13.1. The summed E-state index contributed by atoms with van der Waals surface area (Å²) in [6, 6.07) is 4.47. The summed E-state index contributed by atoms with van der Waals surface area (Å²) in [6.45, 7) is 0.504. The molecule has 20 heavy (non-hydrogen) atoms. The molecule has 1 fully saturated rings. The Labute approximate surface area is 114 Å². The van der Waals surface area contributed by atoms with Crippen LogP contribution in [0.3, 0.4) is 0 Å². The highest BCUT2D eigenvalue weighted by atomic mass is 19.3. The fourth-order valence-corrected chi connectivity index (χ4v) is 2.91. The van der Waals surface area contributed by atoms with Crippen LogP contribution in [0.5, 0.6) is 0 Å². The molecule has 1 aromatic carbocycles. The Morgan fingerprint density at radius 2 is 2.35 bits per heavy atom. The summed E-state index contributed by atoms with van der Waals surface area (Å²) in [5.74, 6) is -0.297. The zero-order valence-corrected chi connectivity index (χ0v) is 10.7. The molecule has 1 N–H and O–H groups in total. The Balaban J connectivity index is 1.84.